The summed E-state index contributed by atoms with van der Waals surface area (Å²) in [5.74, 6) is -1.70. The van der Waals surface area contributed by atoms with Gasteiger partial charge in [-0.15, -0.1) is 0 Å². The molecule has 1 aliphatic rings. The second kappa shape index (κ2) is 4.67. The van der Waals surface area contributed by atoms with Crippen molar-refractivity contribution in [3.8, 4) is 0 Å². The minimum absolute atomic E-state index is 0.0214. The number of ether oxygens (including phenoxy) is 1. The first kappa shape index (κ1) is 14.0. The number of carboxylic acid groups (broad SMARTS) is 1. The van der Waals surface area contributed by atoms with Crippen LogP contribution < -0.4 is 5.11 Å². The van der Waals surface area contributed by atoms with E-state index in [-0.39, 0.29) is 29.3 Å². The molecule has 1 fully saturated rings. The van der Waals surface area contributed by atoms with Crippen LogP contribution in [-0.4, -0.2) is 18.0 Å². The van der Waals surface area contributed by atoms with Crippen LogP contribution in [0.2, 0.25) is 0 Å². The van der Waals surface area contributed by atoms with Crippen LogP contribution in [-0.2, 0) is 14.3 Å². The summed E-state index contributed by atoms with van der Waals surface area (Å²) >= 11 is 0. The molecular formula is C13H21O4-. The molecular weight excluding hydrogens is 220 g/mol. The van der Waals surface area contributed by atoms with Gasteiger partial charge in [-0.3, -0.25) is 4.79 Å². The minimum atomic E-state index is -1.03. The van der Waals surface area contributed by atoms with E-state index in [4.69, 9.17) is 4.74 Å². The van der Waals surface area contributed by atoms with Crippen molar-refractivity contribution in [1.29, 1.82) is 0 Å². The molecule has 1 rings (SSSR count). The fourth-order valence-corrected chi connectivity index (χ4v) is 3.23. The second-order valence-electron chi connectivity index (χ2n) is 5.78. The predicted molar refractivity (Wildman–Crippen MR) is 60.8 cm³/mol. The number of carbonyl (C=O) groups is 2. The zero-order valence-corrected chi connectivity index (χ0v) is 11.1. The Bertz CT molecular complexity index is 321. The van der Waals surface area contributed by atoms with E-state index in [2.05, 4.69) is 0 Å². The van der Waals surface area contributed by atoms with Crippen molar-refractivity contribution in [1.82, 2.24) is 0 Å². The Labute approximate surface area is 102 Å². The van der Waals surface area contributed by atoms with Gasteiger partial charge in [0, 0.05) is 18.3 Å². The van der Waals surface area contributed by atoms with E-state index >= 15 is 0 Å². The van der Waals surface area contributed by atoms with Gasteiger partial charge in [-0.1, -0.05) is 27.7 Å². The maximum absolute atomic E-state index is 11.1. The van der Waals surface area contributed by atoms with Crippen molar-refractivity contribution in [2.24, 2.45) is 23.2 Å². The minimum Gasteiger partial charge on any atom is -0.550 e. The first-order chi connectivity index (χ1) is 7.67. The van der Waals surface area contributed by atoms with E-state index in [0.29, 0.717) is 0 Å². The molecule has 4 atom stereocenters. The van der Waals surface area contributed by atoms with Gasteiger partial charge >= 0.3 is 5.97 Å². The number of hydrogen-bond donors (Lipinski definition) is 0. The quantitative estimate of drug-likeness (QED) is 0.691. The van der Waals surface area contributed by atoms with Crippen molar-refractivity contribution in [2.75, 3.05) is 0 Å². The van der Waals surface area contributed by atoms with Crippen LogP contribution in [0.3, 0.4) is 0 Å². The monoisotopic (exact) mass is 241 g/mol. The topological polar surface area (TPSA) is 66.4 Å². The summed E-state index contributed by atoms with van der Waals surface area (Å²) in [6, 6.07) is 0. The molecule has 0 amide bonds. The fraction of sp³-hybridized carbons (Fsp3) is 0.846. The van der Waals surface area contributed by atoms with Crippen molar-refractivity contribution in [3.05, 3.63) is 0 Å². The number of aliphatic carboxylic acids is 1. The van der Waals surface area contributed by atoms with Gasteiger partial charge in [0.15, 0.2) is 0 Å². The van der Waals surface area contributed by atoms with Crippen LogP contribution in [0, 0.1) is 23.2 Å². The van der Waals surface area contributed by atoms with Crippen molar-refractivity contribution in [3.63, 3.8) is 0 Å². The van der Waals surface area contributed by atoms with Gasteiger partial charge in [-0.25, -0.2) is 0 Å². The lowest BCUT2D eigenvalue weighted by Crippen LogP contribution is -2.42. The number of carboxylic acids is 1. The van der Waals surface area contributed by atoms with Gasteiger partial charge in [-0.2, -0.15) is 0 Å². The van der Waals surface area contributed by atoms with E-state index in [9.17, 15) is 14.7 Å². The Morgan fingerprint density at radius 2 is 1.94 bits per heavy atom. The van der Waals surface area contributed by atoms with Gasteiger partial charge in [0.05, 0.1) is 0 Å². The highest BCUT2D eigenvalue weighted by Crippen LogP contribution is 2.50. The normalized spacial score (nSPS) is 33.1. The molecule has 0 heterocycles. The van der Waals surface area contributed by atoms with Crippen LogP contribution in [0.5, 0.6) is 0 Å². The van der Waals surface area contributed by atoms with Crippen molar-refractivity contribution < 1.29 is 19.4 Å². The standard InChI is InChI=1S/C13H22O4/c1-7-6-10(8(2)12(15)16)13(4,5)11(7)17-9(3)14/h7-8,10-11H,6H2,1-5H3,(H,15,16)/p-1. The van der Waals surface area contributed by atoms with Crippen molar-refractivity contribution >= 4 is 11.9 Å². The molecule has 0 aromatic rings. The van der Waals surface area contributed by atoms with Gasteiger partial charge in [0.1, 0.15) is 6.10 Å². The average molecular weight is 241 g/mol. The molecule has 0 aliphatic heterocycles. The molecule has 0 aromatic carbocycles. The largest absolute Gasteiger partial charge is 0.550 e. The van der Waals surface area contributed by atoms with E-state index in [1.807, 2.05) is 20.8 Å². The van der Waals surface area contributed by atoms with Crippen LogP contribution in [0.25, 0.3) is 0 Å². The number of hydrogen-bond acceptors (Lipinski definition) is 4. The maximum Gasteiger partial charge on any atom is 0.302 e. The Kier molecular flexibility index (Phi) is 3.84. The number of rotatable bonds is 3. The Morgan fingerprint density at radius 1 is 1.41 bits per heavy atom. The third-order valence-electron chi connectivity index (χ3n) is 4.10. The van der Waals surface area contributed by atoms with Gasteiger partial charge < -0.3 is 14.6 Å². The van der Waals surface area contributed by atoms with Gasteiger partial charge in [0.25, 0.3) is 0 Å². The smallest absolute Gasteiger partial charge is 0.302 e. The first-order valence-corrected chi connectivity index (χ1v) is 6.06. The zero-order valence-electron chi connectivity index (χ0n) is 11.1. The molecule has 4 nitrogen and oxygen atoms in total. The molecule has 0 aromatic heterocycles. The lowest BCUT2D eigenvalue weighted by atomic mass is 9.74. The molecule has 17 heavy (non-hydrogen) atoms. The molecule has 1 aliphatic carbocycles. The predicted octanol–water partition coefficient (Wildman–Crippen LogP) is 0.986. The van der Waals surface area contributed by atoms with E-state index < -0.39 is 11.9 Å². The fourth-order valence-electron chi connectivity index (χ4n) is 3.23. The molecule has 0 saturated heterocycles. The Morgan fingerprint density at radius 3 is 2.35 bits per heavy atom. The zero-order chi connectivity index (χ0) is 13.4. The summed E-state index contributed by atoms with van der Waals surface area (Å²) in [7, 11) is 0. The highest BCUT2D eigenvalue weighted by Gasteiger charge is 2.51. The van der Waals surface area contributed by atoms with E-state index in [1.165, 1.54) is 6.92 Å². The van der Waals surface area contributed by atoms with Crippen LogP contribution in [0.1, 0.15) is 41.0 Å². The molecule has 98 valence electrons. The third kappa shape index (κ3) is 2.61. The molecule has 0 spiro atoms. The van der Waals surface area contributed by atoms with Crippen LogP contribution in [0.4, 0.5) is 0 Å². The first-order valence-electron chi connectivity index (χ1n) is 6.06. The molecule has 4 unspecified atom stereocenters. The Balaban J connectivity index is 2.92. The lowest BCUT2D eigenvalue weighted by Gasteiger charge is -2.36. The Hall–Kier alpha value is -1.06. The molecule has 0 N–H and O–H groups in total. The summed E-state index contributed by atoms with van der Waals surface area (Å²) in [6.45, 7) is 8.99. The summed E-state index contributed by atoms with van der Waals surface area (Å²) in [5, 5.41) is 11.0. The summed E-state index contributed by atoms with van der Waals surface area (Å²) in [5.41, 5.74) is -0.329. The molecule has 0 bridgehead atoms. The van der Waals surface area contributed by atoms with E-state index in [0.717, 1.165) is 6.42 Å². The highest BCUT2D eigenvalue weighted by molar-refractivity contribution is 5.68. The summed E-state index contributed by atoms with van der Waals surface area (Å²) in [6.07, 6.45) is 0.534. The number of esters is 1. The maximum atomic E-state index is 11.1. The summed E-state index contributed by atoms with van der Waals surface area (Å²) < 4.78 is 5.35. The van der Waals surface area contributed by atoms with Crippen LogP contribution in [0.15, 0.2) is 0 Å². The van der Waals surface area contributed by atoms with E-state index in [1.54, 1.807) is 6.92 Å². The lowest BCUT2D eigenvalue weighted by molar-refractivity contribution is -0.313. The summed E-state index contributed by atoms with van der Waals surface area (Å²) in [4.78, 5) is 22.1. The SMILES string of the molecule is CC(=O)OC1C(C)CC(C(C)C(=O)[O-])C1(C)C. The molecule has 0 radical (unpaired) electrons. The van der Waals surface area contributed by atoms with Crippen molar-refractivity contribution in [2.45, 2.75) is 47.1 Å². The third-order valence-corrected chi connectivity index (χ3v) is 4.10. The molecule has 1 saturated carbocycles. The highest BCUT2D eigenvalue weighted by atomic mass is 16.5. The van der Waals surface area contributed by atoms with Crippen LogP contribution >= 0.6 is 0 Å². The molecule has 4 heteroatoms. The second-order valence-corrected chi connectivity index (χ2v) is 5.78. The number of carbonyl (C=O) groups excluding carboxylic acids is 2. The average Bonchev–Trinajstić information content (AvgIpc) is 2.39. The van der Waals surface area contributed by atoms with Gasteiger partial charge in [0.2, 0.25) is 0 Å². The van der Waals surface area contributed by atoms with Gasteiger partial charge in [-0.05, 0) is 24.2 Å².